The third kappa shape index (κ3) is 2.73. The minimum Gasteiger partial charge on any atom is -0.304 e. The second kappa shape index (κ2) is 4.74. The number of thiophene rings is 1. The first-order valence-corrected chi connectivity index (χ1v) is 6.74. The third-order valence-electron chi connectivity index (χ3n) is 2.45. The summed E-state index contributed by atoms with van der Waals surface area (Å²) < 4.78 is 0. The molecular weight excluding hydrogens is 270 g/mol. The van der Waals surface area contributed by atoms with Crippen LogP contribution < -0.4 is 5.32 Å². The van der Waals surface area contributed by atoms with Gasteiger partial charge < -0.3 is 5.32 Å². The van der Waals surface area contributed by atoms with Crippen molar-refractivity contribution in [2.45, 2.75) is 26.2 Å². The second-order valence-electron chi connectivity index (χ2n) is 4.97. The topological polar surface area (TPSA) is 57.8 Å². The Balaban J connectivity index is 2.13. The molecule has 1 amide bonds. The molecule has 0 aliphatic carbocycles. The number of nitrogens with one attached hydrogen (secondary N) is 2. The number of nitrogens with zero attached hydrogens (tertiary/aromatic N) is 1. The number of anilines is 1. The molecule has 0 aromatic carbocycles. The summed E-state index contributed by atoms with van der Waals surface area (Å²) in [4.78, 5) is 12.4. The van der Waals surface area contributed by atoms with Crippen LogP contribution in [0.5, 0.6) is 0 Å². The Kier molecular flexibility index (Phi) is 3.45. The van der Waals surface area contributed by atoms with Crippen LogP contribution in [0.3, 0.4) is 0 Å². The zero-order valence-corrected chi connectivity index (χ0v) is 11.9. The molecule has 2 aromatic heterocycles. The smallest absolute Gasteiger partial charge is 0.268 e. The number of rotatable bonds is 2. The van der Waals surface area contributed by atoms with Gasteiger partial charge in [0.05, 0.1) is 5.02 Å². The molecule has 0 spiro atoms. The monoisotopic (exact) mass is 283 g/mol. The SMILES string of the molecule is CC(C)(C)c1cc(NC(=O)c2sccc2Cl)n[nH]1. The van der Waals surface area contributed by atoms with Gasteiger partial charge in [0.1, 0.15) is 4.88 Å². The molecule has 18 heavy (non-hydrogen) atoms. The highest BCUT2D eigenvalue weighted by molar-refractivity contribution is 7.12. The lowest BCUT2D eigenvalue weighted by Gasteiger charge is -2.14. The number of H-pyrrole nitrogens is 1. The van der Waals surface area contributed by atoms with Crippen LogP contribution in [-0.2, 0) is 5.41 Å². The van der Waals surface area contributed by atoms with Crippen molar-refractivity contribution in [3.8, 4) is 0 Å². The Hall–Kier alpha value is -1.33. The van der Waals surface area contributed by atoms with Gasteiger partial charge in [-0.15, -0.1) is 11.3 Å². The van der Waals surface area contributed by atoms with E-state index < -0.39 is 0 Å². The van der Waals surface area contributed by atoms with Crippen LogP contribution in [0.2, 0.25) is 5.02 Å². The molecule has 0 bridgehead atoms. The molecule has 0 atom stereocenters. The number of amides is 1. The molecule has 0 unspecified atom stereocenters. The maximum absolute atomic E-state index is 11.9. The number of aromatic nitrogens is 2. The van der Waals surface area contributed by atoms with Crippen LogP contribution in [0.1, 0.15) is 36.1 Å². The van der Waals surface area contributed by atoms with E-state index in [0.29, 0.717) is 15.7 Å². The lowest BCUT2D eigenvalue weighted by Crippen LogP contribution is -2.12. The van der Waals surface area contributed by atoms with Gasteiger partial charge >= 0.3 is 0 Å². The Bertz CT molecular complexity index is 568. The number of aromatic amines is 1. The summed E-state index contributed by atoms with van der Waals surface area (Å²) in [5.41, 5.74) is 0.936. The Morgan fingerprint density at radius 1 is 1.50 bits per heavy atom. The average molecular weight is 284 g/mol. The van der Waals surface area contributed by atoms with E-state index in [1.54, 1.807) is 11.4 Å². The average Bonchev–Trinajstić information content (AvgIpc) is 2.85. The standard InChI is InChI=1S/C12H14ClN3OS/c1-12(2,3)8-6-9(16-15-8)14-11(17)10-7(13)4-5-18-10/h4-6H,1-3H3,(H2,14,15,16,17). The van der Waals surface area contributed by atoms with E-state index in [1.807, 2.05) is 6.07 Å². The number of carbonyl (C=O) groups is 1. The summed E-state index contributed by atoms with van der Waals surface area (Å²) in [6, 6.07) is 3.53. The Morgan fingerprint density at radius 3 is 2.72 bits per heavy atom. The van der Waals surface area contributed by atoms with Gasteiger partial charge in [0.15, 0.2) is 5.82 Å². The predicted octanol–water partition coefficient (Wildman–Crippen LogP) is 3.67. The summed E-state index contributed by atoms with van der Waals surface area (Å²) in [5, 5.41) is 11.9. The molecule has 0 aliphatic rings. The molecule has 96 valence electrons. The van der Waals surface area contributed by atoms with Gasteiger partial charge in [-0.1, -0.05) is 32.4 Å². The van der Waals surface area contributed by atoms with E-state index in [9.17, 15) is 4.79 Å². The van der Waals surface area contributed by atoms with Crippen LogP contribution in [-0.4, -0.2) is 16.1 Å². The fraction of sp³-hybridized carbons (Fsp3) is 0.333. The summed E-state index contributed by atoms with van der Waals surface area (Å²) in [6.45, 7) is 6.22. The highest BCUT2D eigenvalue weighted by Gasteiger charge is 2.18. The summed E-state index contributed by atoms with van der Waals surface area (Å²) in [6.07, 6.45) is 0. The van der Waals surface area contributed by atoms with Crippen molar-refractivity contribution in [1.82, 2.24) is 10.2 Å². The van der Waals surface area contributed by atoms with E-state index in [0.717, 1.165) is 5.69 Å². The highest BCUT2D eigenvalue weighted by atomic mass is 35.5. The first kappa shape index (κ1) is 13.1. The second-order valence-corrected chi connectivity index (χ2v) is 6.29. The largest absolute Gasteiger partial charge is 0.304 e. The minimum absolute atomic E-state index is 0.0312. The van der Waals surface area contributed by atoms with Crippen molar-refractivity contribution in [2.75, 3.05) is 5.32 Å². The molecule has 0 saturated heterocycles. The van der Waals surface area contributed by atoms with Gasteiger partial charge in [0.2, 0.25) is 0 Å². The zero-order chi connectivity index (χ0) is 13.3. The summed E-state index contributed by atoms with van der Waals surface area (Å²) in [5.74, 6) is 0.274. The first-order valence-electron chi connectivity index (χ1n) is 5.48. The van der Waals surface area contributed by atoms with E-state index >= 15 is 0 Å². The number of carbonyl (C=O) groups excluding carboxylic acids is 1. The van der Waals surface area contributed by atoms with Gasteiger partial charge in [0, 0.05) is 17.2 Å². The van der Waals surface area contributed by atoms with Gasteiger partial charge in [-0.2, -0.15) is 5.10 Å². The fourth-order valence-corrected chi connectivity index (χ4v) is 2.43. The first-order chi connectivity index (χ1) is 8.38. The van der Waals surface area contributed by atoms with Gasteiger partial charge in [-0.3, -0.25) is 9.89 Å². The van der Waals surface area contributed by atoms with Crippen LogP contribution in [0.4, 0.5) is 5.82 Å². The van der Waals surface area contributed by atoms with Crippen LogP contribution in [0, 0.1) is 0 Å². The van der Waals surface area contributed by atoms with Gasteiger partial charge in [-0.25, -0.2) is 0 Å². The lowest BCUT2D eigenvalue weighted by atomic mass is 9.92. The molecule has 0 aliphatic heterocycles. The maximum atomic E-state index is 11.9. The molecule has 4 nitrogen and oxygen atoms in total. The van der Waals surface area contributed by atoms with E-state index in [1.165, 1.54) is 11.3 Å². The molecular formula is C12H14ClN3OS. The molecule has 6 heteroatoms. The van der Waals surface area contributed by atoms with E-state index in [2.05, 4.69) is 36.3 Å². The van der Waals surface area contributed by atoms with Gasteiger partial charge in [0.25, 0.3) is 5.91 Å². The lowest BCUT2D eigenvalue weighted by molar-refractivity contribution is 0.103. The quantitative estimate of drug-likeness (QED) is 0.883. The summed E-state index contributed by atoms with van der Waals surface area (Å²) in [7, 11) is 0. The number of halogens is 1. The number of hydrogen-bond acceptors (Lipinski definition) is 3. The van der Waals surface area contributed by atoms with Crippen LogP contribution in [0.15, 0.2) is 17.5 Å². The van der Waals surface area contributed by atoms with E-state index in [-0.39, 0.29) is 11.3 Å². The molecule has 2 rings (SSSR count). The Morgan fingerprint density at radius 2 is 2.22 bits per heavy atom. The Labute approximate surface area is 114 Å². The van der Waals surface area contributed by atoms with Crippen LogP contribution >= 0.6 is 22.9 Å². The molecule has 0 radical (unpaired) electrons. The highest BCUT2D eigenvalue weighted by Crippen LogP contribution is 2.25. The normalized spacial score (nSPS) is 11.6. The number of hydrogen-bond donors (Lipinski definition) is 2. The molecule has 2 N–H and O–H groups in total. The van der Waals surface area contributed by atoms with Crippen molar-refractivity contribution >= 4 is 34.7 Å². The van der Waals surface area contributed by atoms with Crippen molar-refractivity contribution < 1.29 is 4.79 Å². The van der Waals surface area contributed by atoms with Crippen molar-refractivity contribution in [2.24, 2.45) is 0 Å². The summed E-state index contributed by atoms with van der Waals surface area (Å²) >= 11 is 7.21. The zero-order valence-electron chi connectivity index (χ0n) is 10.4. The molecule has 0 saturated carbocycles. The van der Waals surface area contributed by atoms with Crippen molar-refractivity contribution in [3.63, 3.8) is 0 Å². The molecule has 2 heterocycles. The third-order valence-corrected chi connectivity index (χ3v) is 3.79. The van der Waals surface area contributed by atoms with Crippen molar-refractivity contribution in [3.05, 3.63) is 33.1 Å². The predicted molar refractivity (Wildman–Crippen MR) is 74.6 cm³/mol. The fourth-order valence-electron chi connectivity index (χ4n) is 1.40. The molecule has 2 aromatic rings. The van der Waals surface area contributed by atoms with Crippen LogP contribution in [0.25, 0.3) is 0 Å². The minimum atomic E-state index is -0.234. The maximum Gasteiger partial charge on any atom is 0.268 e. The van der Waals surface area contributed by atoms with E-state index in [4.69, 9.17) is 11.6 Å². The molecule has 0 fully saturated rings. The van der Waals surface area contributed by atoms with Gasteiger partial charge in [-0.05, 0) is 11.4 Å². The van der Waals surface area contributed by atoms with Crippen molar-refractivity contribution in [1.29, 1.82) is 0 Å².